The van der Waals surface area contributed by atoms with E-state index in [0.29, 0.717) is 5.92 Å². The number of rotatable bonds is 6. The topological polar surface area (TPSA) is 45.2 Å². The van der Waals surface area contributed by atoms with Crippen molar-refractivity contribution in [1.82, 2.24) is 4.98 Å². The van der Waals surface area contributed by atoms with Crippen molar-refractivity contribution in [3.8, 4) is 0 Å². The highest BCUT2D eigenvalue weighted by molar-refractivity contribution is 7.99. The van der Waals surface area contributed by atoms with Gasteiger partial charge in [-0.05, 0) is 60.7 Å². The number of hydrogen-bond donors (Lipinski definition) is 2. The highest BCUT2D eigenvalue weighted by atomic mass is 32.2. The summed E-state index contributed by atoms with van der Waals surface area (Å²) in [6.07, 6.45) is 7.09. The van der Waals surface area contributed by atoms with E-state index in [2.05, 4.69) is 58.8 Å². The van der Waals surface area contributed by atoms with E-state index in [4.69, 9.17) is 0 Å². The largest absolute Gasteiger partial charge is 0.392 e. The van der Waals surface area contributed by atoms with Gasteiger partial charge in [0.15, 0.2) is 0 Å². The Morgan fingerprint density at radius 1 is 1.07 bits per heavy atom. The quantitative estimate of drug-likeness (QED) is 0.616. The molecule has 0 bridgehead atoms. The van der Waals surface area contributed by atoms with Crippen molar-refractivity contribution in [1.29, 1.82) is 0 Å². The zero-order valence-electron chi connectivity index (χ0n) is 15.3. The molecule has 1 atom stereocenters. The molecule has 1 unspecified atom stereocenters. The Labute approximate surface area is 164 Å². The van der Waals surface area contributed by atoms with Crippen molar-refractivity contribution in [3.05, 3.63) is 83.7 Å². The minimum Gasteiger partial charge on any atom is -0.392 e. The van der Waals surface area contributed by atoms with Crippen LogP contribution >= 0.6 is 11.8 Å². The third-order valence-corrected chi connectivity index (χ3v) is 6.15. The van der Waals surface area contributed by atoms with Crippen LogP contribution in [0.3, 0.4) is 0 Å². The summed E-state index contributed by atoms with van der Waals surface area (Å²) in [6, 6.07) is 19.3. The molecule has 0 radical (unpaired) electrons. The van der Waals surface area contributed by atoms with Crippen LogP contribution in [0.25, 0.3) is 0 Å². The first kappa shape index (κ1) is 18.1. The summed E-state index contributed by atoms with van der Waals surface area (Å²) in [4.78, 5) is 6.76. The molecule has 0 spiro atoms. The minimum atomic E-state index is 0.0339. The van der Waals surface area contributed by atoms with Crippen molar-refractivity contribution < 1.29 is 5.11 Å². The maximum Gasteiger partial charge on any atom is 0.0703 e. The molecule has 1 aliphatic carbocycles. The normalized spacial score (nSPS) is 16.0. The molecule has 3 nitrogen and oxygen atoms in total. The smallest absolute Gasteiger partial charge is 0.0703 e. The van der Waals surface area contributed by atoms with Gasteiger partial charge in [-0.1, -0.05) is 36.0 Å². The van der Waals surface area contributed by atoms with Crippen LogP contribution in [-0.4, -0.2) is 16.6 Å². The number of aliphatic hydroxyl groups is 1. The van der Waals surface area contributed by atoms with Crippen LogP contribution in [0.4, 0.5) is 5.69 Å². The Hall–Kier alpha value is -2.30. The van der Waals surface area contributed by atoms with Crippen LogP contribution in [0.5, 0.6) is 0 Å². The molecular weight excluding hydrogens is 352 g/mol. The number of nitrogens with one attached hydrogen (secondary N) is 1. The van der Waals surface area contributed by atoms with Crippen LogP contribution in [0.2, 0.25) is 0 Å². The fourth-order valence-electron chi connectivity index (χ4n) is 3.74. The van der Waals surface area contributed by atoms with Gasteiger partial charge in [-0.3, -0.25) is 4.98 Å². The number of nitrogens with zero attached hydrogens (tertiary/aromatic N) is 1. The van der Waals surface area contributed by atoms with Crippen LogP contribution in [0.1, 0.15) is 35.4 Å². The Morgan fingerprint density at radius 3 is 2.81 bits per heavy atom. The van der Waals surface area contributed by atoms with E-state index < -0.39 is 0 Å². The maximum atomic E-state index is 9.49. The Balaban J connectivity index is 1.48. The molecule has 0 amide bonds. The third-order valence-electron chi connectivity index (χ3n) is 5.15. The molecular formula is C23H24N2OS. The third kappa shape index (κ3) is 4.34. The summed E-state index contributed by atoms with van der Waals surface area (Å²) >= 11 is 1.83. The zero-order chi connectivity index (χ0) is 18.5. The highest BCUT2D eigenvalue weighted by Gasteiger charge is 2.20. The van der Waals surface area contributed by atoms with Crippen molar-refractivity contribution in [3.63, 3.8) is 0 Å². The molecule has 0 saturated carbocycles. The van der Waals surface area contributed by atoms with E-state index >= 15 is 0 Å². The fraction of sp³-hybridized carbons (Fsp3) is 0.261. The molecule has 4 heteroatoms. The maximum absolute atomic E-state index is 9.49. The lowest BCUT2D eigenvalue weighted by molar-refractivity contribution is 0.282. The Bertz CT molecular complexity index is 898. The molecule has 0 aliphatic heterocycles. The van der Waals surface area contributed by atoms with E-state index in [1.54, 1.807) is 12.4 Å². The predicted octanol–water partition coefficient (Wildman–Crippen LogP) is 5.26. The highest BCUT2D eigenvalue weighted by Crippen LogP contribution is 2.36. The summed E-state index contributed by atoms with van der Waals surface area (Å²) in [7, 11) is 0. The first-order chi connectivity index (χ1) is 13.3. The lowest BCUT2D eigenvalue weighted by atomic mass is 9.83. The predicted molar refractivity (Wildman–Crippen MR) is 111 cm³/mol. The van der Waals surface area contributed by atoms with Gasteiger partial charge in [-0.15, -0.1) is 0 Å². The summed E-state index contributed by atoms with van der Waals surface area (Å²) in [5.74, 6) is 0.497. The first-order valence-corrected chi connectivity index (χ1v) is 10.3. The molecule has 2 N–H and O–H groups in total. The summed E-state index contributed by atoms with van der Waals surface area (Å²) < 4.78 is 0. The number of benzene rings is 2. The van der Waals surface area contributed by atoms with Gasteiger partial charge < -0.3 is 10.4 Å². The number of aliphatic hydroxyl groups excluding tert-OH is 1. The second-order valence-electron chi connectivity index (χ2n) is 6.94. The molecule has 27 heavy (non-hydrogen) atoms. The average Bonchev–Trinajstić information content (AvgIpc) is 2.73. The van der Waals surface area contributed by atoms with Crippen LogP contribution in [0.15, 0.2) is 76.8 Å². The second kappa shape index (κ2) is 8.59. The van der Waals surface area contributed by atoms with Gasteiger partial charge in [-0.25, -0.2) is 0 Å². The Kier molecular flexibility index (Phi) is 5.75. The van der Waals surface area contributed by atoms with Crippen LogP contribution < -0.4 is 5.32 Å². The van der Waals surface area contributed by atoms with Crippen molar-refractivity contribution in [2.24, 2.45) is 0 Å². The fourth-order valence-corrected chi connectivity index (χ4v) is 4.65. The molecule has 0 fully saturated rings. The monoisotopic (exact) mass is 376 g/mol. The first-order valence-electron chi connectivity index (χ1n) is 9.47. The lowest BCUT2D eigenvalue weighted by Crippen LogP contribution is -2.18. The number of anilines is 1. The average molecular weight is 377 g/mol. The molecule has 4 rings (SSSR count). The molecule has 1 heterocycles. The van der Waals surface area contributed by atoms with Gasteiger partial charge in [0, 0.05) is 34.0 Å². The molecule has 2 aromatic carbocycles. The minimum absolute atomic E-state index is 0.0339. The molecule has 1 aliphatic rings. The summed E-state index contributed by atoms with van der Waals surface area (Å²) in [5, 5.41) is 13.0. The SMILES string of the molecule is OCc1ccncc1NCC1CCCc2cc(Sc3ccccc3)ccc21. The van der Waals surface area contributed by atoms with E-state index in [1.807, 2.05) is 17.8 Å². The number of hydrogen-bond acceptors (Lipinski definition) is 4. The number of aromatic nitrogens is 1. The van der Waals surface area contributed by atoms with Crippen LogP contribution in [0, 0.1) is 0 Å². The van der Waals surface area contributed by atoms with E-state index in [1.165, 1.54) is 33.8 Å². The van der Waals surface area contributed by atoms with Gasteiger partial charge in [0.2, 0.25) is 0 Å². The van der Waals surface area contributed by atoms with Gasteiger partial charge in [0.1, 0.15) is 0 Å². The van der Waals surface area contributed by atoms with Crippen molar-refractivity contribution >= 4 is 17.4 Å². The molecule has 3 aromatic rings. The lowest BCUT2D eigenvalue weighted by Gasteiger charge is -2.27. The van der Waals surface area contributed by atoms with Crippen molar-refractivity contribution in [2.75, 3.05) is 11.9 Å². The zero-order valence-corrected chi connectivity index (χ0v) is 16.1. The standard InChI is InChI=1S/C23H24N2OS/c26-16-19-11-12-24-15-23(19)25-14-18-6-4-5-17-13-21(9-10-22(17)18)27-20-7-2-1-3-8-20/h1-3,7-13,15,18,25-26H,4-6,14,16H2. The molecule has 138 valence electrons. The second-order valence-corrected chi connectivity index (χ2v) is 8.08. The van der Waals surface area contributed by atoms with Crippen molar-refractivity contribution in [2.45, 2.75) is 41.6 Å². The van der Waals surface area contributed by atoms with E-state index in [9.17, 15) is 5.11 Å². The molecule has 0 saturated heterocycles. The van der Waals surface area contributed by atoms with Crippen LogP contribution in [-0.2, 0) is 13.0 Å². The number of fused-ring (bicyclic) bond motifs is 1. The van der Waals surface area contributed by atoms with Gasteiger partial charge in [0.05, 0.1) is 18.5 Å². The Morgan fingerprint density at radius 2 is 1.96 bits per heavy atom. The number of aryl methyl sites for hydroxylation is 1. The van der Waals surface area contributed by atoms with Gasteiger partial charge >= 0.3 is 0 Å². The van der Waals surface area contributed by atoms with E-state index in [0.717, 1.165) is 24.2 Å². The summed E-state index contributed by atoms with van der Waals surface area (Å²) in [6.45, 7) is 0.906. The number of pyridine rings is 1. The van der Waals surface area contributed by atoms with E-state index in [-0.39, 0.29) is 6.61 Å². The van der Waals surface area contributed by atoms with Gasteiger partial charge in [-0.2, -0.15) is 0 Å². The van der Waals surface area contributed by atoms with Gasteiger partial charge in [0.25, 0.3) is 0 Å². The molecule has 1 aromatic heterocycles. The summed E-state index contributed by atoms with van der Waals surface area (Å²) in [5.41, 5.74) is 4.77.